The molecule has 6 heteroatoms. The van der Waals surface area contributed by atoms with Crippen molar-refractivity contribution in [3.05, 3.63) is 29.8 Å². The standard InChI is InChI=1S/C13H21N3O2S/c1-3-14-10(2)11-4-6-12(7-5-11)15-19(17,18)16-13-8-9-13/h4-7,10,13-16H,3,8-9H2,1-2H3. The van der Waals surface area contributed by atoms with Gasteiger partial charge < -0.3 is 5.32 Å². The van der Waals surface area contributed by atoms with Crippen LogP contribution in [0.25, 0.3) is 0 Å². The molecule has 0 spiro atoms. The molecule has 0 aliphatic heterocycles. The summed E-state index contributed by atoms with van der Waals surface area (Å²) in [5, 5.41) is 3.31. The molecule has 2 rings (SSSR count). The van der Waals surface area contributed by atoms with Crippen molar-refractivity contribution in [2.75, 3.05) is 11.3 Å². The molecule has 5 nitrogen and oxygen atoms in total. The SMILES string of the molecule is CCNC(C)c1ccc(NS(=O)(=O)NC2CC2)cc1. The fourth-order valence-electron chi connectivity index (χ4n) is 1.87. The van der Waals surface area contributed by atoms with Gasteiger partial charge in [0.25, 0.3) is 10.2 Å². The smallest absolute Gasteiger partial charge is 0.299 e. The van der Waals surface area contributed by atoms with Crippen molar-refractivity contribution >= 4 is 15.9 Å². The third-order valence-corrected chi connectivity index (χ3v) is 4.22. The highest BCUT2D eigenvalue weighted by Crippen LogP contribution is 2.21. The summed E-state index contributed by atoms with van der Waals surface area (Å²) >= 11 is 0. The van der Waals surface area contributed by atoms with E-state index in [0.717, 1.165) is 24.9 Å². The van der Waals surface area contributed by atoms with E-state index in [-0.39, 0.29) is 12.1 Å². The lowest BCUT2D eigenvalue weighted by Gasteiger charge is -2.14. The topological polar surface area (TPSA) is 70.2 Å². The Kier molecular flexibility index (Phi) is 4.44. The van der Waals surface area contributed by atoms with Gasteiger partial charge in [-0.1, -0.05) is 19.1 Å². The van der Waals surface area contributed by atoms with E-state index in [1.165, 1.54) is 0 Å². The summed E-state index contributed by atoms with van der Waals surface area (Å²) in [6.45, 7) is 5.04. The van der Waals surface area contributed by atoms with Gasteiger partial charge in [0.05, 0.1) is 0 Å². The van der Waals surface area contributed by atoms with E-state index in [1.807, 2.05) is 12.1 Å². The molecule has 0 heterocycles. The number of benzene rings is 1. The Balaban J connectivity index is 1.97. The fraction of sp³-hybridized carbons (Fsp3) is 0.538. The van der Waals surface area contributed by atoms with Gasteiger partial charge >= 0.3 is 0 Å². The highest BCUT2D eigenvalue weighted by atomic mass is 32.2. The van der Waals surface area contributed by atoms with E-state index < -0.39 is 10.2 Å². The number of rotatable bonds is 7. The first kappa shape index (κ1) is 14.3. The van der Waals surface area contributed by atoms with E-state index in [9.17, 15) is 8.42 Å². The van der Waals surface area contributed by atoms with Gasteiger partial charge in [0.1, 0.15) is 0 Å². The predicted octanol–water partition coefficient (Wildman–Crippen LogP) is 1.77. The zero-order valence-corrected chi connectivity index (χ0v) is 12.1. The summed E-state index contributed by atoms with van der Waals surface area (Å²) in [7, 11) is -3.43. The van der Waals surface area contributed by atoms with Crippen molar-refractivity contribution < 1.29 is 8.42 Å². The Bertz CT molecular complexity index is 509. The summed E-state index contributed by atoms with van der Waals surface area (Å²) in [6, 6.07) is 7.82. The quantitative estimate of drug-likeness (QED) is 0.714. The zero-order valence-electron chi connectivity index (χ0n) is 11.3. The molecule has 1 aliphatic rings. The number of hydrogen-bond donors (Lipinski definition) is 3. The van der Waals surface area contributed by atoms with Gasteiger partial charge in [0.2, 0.25) is 0 Å². The third kappa shape index (κ3) is 4.49. The van der Waals surface area contributed by atoms with Crippen LogP contribution in [0.3, 0.4) is 0 Å². The molecule has 19 heavy (non-hydrogen) atoms. The van der Waals surface area contributed by atoms with Gasteiger partial charge in [-0.15, -0.1) is 0 Å². The molecular weight excluding hydrogens is 262 g/mol. The largest absolute Gasteiger partial charge is 0.310 e. The molecule has 1 atom stereocenters. The van der Waals surface area contributed by atoms with Crippen LogP contribution in [0.1, 0.15) is 38.3 Å². The lowest BCUT2D eigenvalue weighted by atomic mass is 10.1. The second-order valence-electron chi connectivity index (χ2n) is 4.90. The van der Waals surface area contributed by atoms with Gasteiger partial charge in [0, 0.05) is 17.8 Å². The summed E-state index contributed by atoms with van der Waals surface area (Å²) in [5.74, 6) is 0. The van der Waals surface area contributed by atoms with E-state index in [4.69, 9.17) is 0 Å². The molecule has 106 valence electrons. The van der Waals surface area contributed by atoms with Crippen LogP contribution < -0.4 is 14.8 Å². The molecule has 3 N–H and O–H groups in total. The number of nitrogens with one attached hydrogen (secondary N) is 3. The maximum absolute atomic E-state index is 11.7. The van der Waals surface area contributed by atoms with Crippen molar-refractivity contribution in [3.63, 3.8) is 0 Å². The van der Waals surface area contributed by atoms with E-state index in [2.05, 4.69) is 28.6 Å². The normalized spacial score (nSPS) is 17.2. The molecule has 0 saturated heterocycles. The highest BCUT2D eigenvalue weighted by Gasteiger charge is 2.26. The average Bonchev–Trinajstić information content (AvgIpc) is 3.12. The molecule has 0 aromatic heterocycles. The van der Waals surface area contributed by atoms with Gasteiger partial charge in [-0.25, -0.2) is 0 Å². The third-order valence-electron chi connectivity index (χ3n) is 3.07. The number of hydrogen-bond acceptors (Lipinski definition) is 3. The molecule has 0 bridgehead atoms. The Morgan fingerprint density at radius 3 is 2.42 bits per heavy atom. The summed E-state index contributed by atoms with van der Waals surface area (Å²) in [5.41, 5.74) is 1.72. The minimum atomic E-state index is -3.43. The molecule has 0 amide bonds. The first-order chi connectivity index (χ1) is 9.00. The summed E-state index contributed by atoms with van der Waals surface area (Å²) in [6.07, 6.45) is 1.86. The van der Waals surface area contributed by atoms with Crippen molar-refractivity contribution in [3.8, 4) is 0 Å². The minimum Gasteiger partial charge on any atom is -0.310 e. The van der Waals surface area contributed by atoms with Crippen LogP contribution in [0.2, 0.25) is 0 Å². The first-order valence-electron chi connectivity index (χ1n) is 6.63. The summed E-state index contributed by atoms with van der Waals surface area (Å²) in [4.78, 5) is 0. The Labute approximate surface area is 115 Å². The lowest BCUT2D eigenvalue weighted by molar-refractivity contribution is 0.586. The van der Waals surface area contributed by atoms with Crippen LogP contribution in [0.4, 0.5) is 5.69 Å². The van der Waals surface area contributed by atoms with E-state index in [0.29, 0.717) is 5.69 Å². The first-order valence-corrected chi connectivity index (χ1v) is 8.12. The monoisotopic (exact) mass is 283 g/mol. The van der Waals surface area contributed by atoms with Crippen molar-refractivity contribution in [2.45, 2.75) is 38.8 Å². The van der Waals surface area contributed by atoms with Gasteiger partial charge in [-0.3, -0.25) is 4.72 Å². The molecule has 0 radical (unpaired) electrons. The van der Waals surface area contributed by atoms with Crippen molar-refractivity contribution in [2.24, 2.45) is 0 Å². The number of anilines is 1. The van der Waals surface area contributed by atoms with E-state index >= 15 is 0 Å². The Morgan fingerprint density at radius 2 is 1.89 bits per heavy atom. The lowest BCUT2D eigenvalue weighted by Crippen LogP contribution is -2.31. The van der Waals surface area contributed by atoms with Crippen LogP contribution >= 0.6 is 0 Å². The highest BCUT2D eigenvalue weighted by molar-refractivity contribution is 7.90. The second-order valence-corrected chi connectivity index (χ2v) is 6.35. The summed E-state index contributed by atoms with van der Waals surface area (Å²) < 4.78 is 28.6. The molecule has 1 aliphatic carbocycles. The van der Waals surface area contributed by atoms with Gasteiger partial charge in [0.15, 0.2) is 0 Å². The van der Waals surface area contributed by atoms with Gasteiger partial charge in [-0.05, 0) is 44.0 Å². The van der Waals surface area contributed by atoms with Crippen LogP contribution in [0.5, 0.6) is 0 Å². The van der Waals surface area contributed by atoms with Gasteiger partial charge in [-0.2, -0.15) is 13.1 Å². The second kappa shape index (κ2) is 5.90. The maximum atomic E-state index is 11.7. The minimum absolute atomic E-state index is 0.116. The van der Waals surface area contributed by atoms with Crippen LogP contribution in [0, 0.1) is 0 Å². The zero-order chi connectivity index (χ0) is 13.9. The van der Waals surface area contributed by atoms with Crippen LogP contribution in [-0.4, -0.2) is 21.0 Å². The fourth-order valence-corrected chi connectivity index (χ4v) is 3.05. The molecule has 1 aromatic carbocycles. The van der Waals surface area contributed by atoms with E-state index in [1.54, 1.807) is 12.1 Å². The molecule has 1 fully saturated rings. The maximum Gasteiger partial charge on any atom is 0.299 e. The van der Waals surface area contributed by atoms with Crippen molar-refractivity contribution in [1.82, 2.24) is 10.0 Å². The molecule has 1 unspecified atom stereocenters. The van der Waals surface area contributed by atoms with Crippen molar-refractivity contribution in [1.29, 1.82) is 0 Å². The van der Waals surface area contributed by atoms with Crippen LogP contribution in [0.15, 0.2) is 24.3 Å². The Hall–Kier alpha value is -1.11. The predicted molar refractivity (Wildman–Crippen MR) is 77.2 cm³/mol. The average molecular weight is 283 g/mol. The van der Waals surface area contributed by atoms with Crippen LogP contribution in [-0.2, 0) is 10.2 Å². The molecular formula is C13H21N3O2S. The molecule has 1 saturated carbocycles. The molecule has 1 aromatic rings. The Morgan fingerprint density at radius 1 is 1.26 bits per heavy atom.